The normalized spacial score (nSPS) is 20.5. The number of aliphatic hydroxyl groups excluding tert-OH is 1. The quantitative estimate of drug-likeness (QED) is 0.852. The summed E-state index contributed by atoms with van der Waals surface area (Å²) in [4.78, 5) is 17.6. The van der Waals surface area contributed by atoms with Crippen molar-refractivity contribution in [1.29, 1.82) is 0 Å². The maximum atomic E-state index is 11.7. The minimum absolute atomic E-state index is 0.0226. The number of alkyl halides is 1. The number of rotatable bonds is 3. The second kappa shape index (κ2) is 4.93. The third kappa shape index (κ3) is 2.25. The Morgan fingerprint density at radius 3 is 2.88 bits per heavy atom. The number of aliphatic hydroxyl groups is 1. The fraction of sp³-hybridized carbons (Fsp3) is 0.455. The summed E-state index contributed by atoms with van der Waals surface area (Å²) in [6.07, 6.45) is 2.18. The molecule has 0 radical (unpaired) electrons. The fourth-order valence-corrected chi connectivity index (χ4v) is 2.21. The number of hydrogen-bond acceptors (Lipinski definition) is 3. The third-order valence-electron chi connectivity index (χ3n) is 2.69. The maximum Gasteiger partial charge on any atom is 0.228 e. The van der Waals surface area contributed by atoms with Gasteiger partial charge in [0.25, 0.3) is 0 Å². The van der Waals surface area contributed by atoms with Crippen LogP contribution in [0, 0.1) is 5.92 Å². The zero-order valence-corrected chi connectivity index (χ0v) is 10.4. The Labute approximate surface area is 102 Å². The van der Waals surface area contributed by atoms with Gasteiger partial charge in [0.15, 0.2) is 0 Å². The highest BCUT2D eigenvalue weighted by Crippen LogP contribution is 2.24. The van der Waals surface area contributed by atoms with Crippen LogP contribution in [0.4, 0.5) is 5.82 Å². The van der Waals surface area contributed by atoms with Gasteiger partial charge in [-0.25, -0.2) is 4.98 Å². The Bertz CT molecular complexity index is 380. The van der Waals surface area contributed by atoms with Crippen molar-refractivity contribution < 1.29 is 9.90 Å². The molecule has 1 amide bonds. The number of aromatic nitrogens is 1. The summed E-state index contributed by atoms with van der Waals surface area (Å²) in [5.74, 6) is 1.16. The van der Waals surface area contributed by atoms with E-state index in [4.69, 9.17) is 5.11 Å². The van der Waals surface area contributed by atoms with Crippen LogP contribution in [0.3, 0.4) is 0 Å². The Hall–Kier alpha value is -0.940. The van der Waals surface area contributed by atoms with Gasteiger partial charge in [0, 0.05) is 24.5 Å². The van der Waals surface area contributed by atoms with Crippen LogP contribution in [-0.2, 0) is 11.4 Å². The van der Waals surface area contributed by atoms with Crippen molar-refractivity contribution in [2.24, 2.45) is 5.92 Å². The molecule has 0 aliphatic carbocycles. The number of carbonyl (C=O) groups is 1. The van der Waals surface area contributed by atoms with Crippen molar-refractivity contribution >= 4 is 27.7 Å². The van der Waals surface area contributed by atoms with E-state index in [1.807, 2.05) is 0 Å². The van der Waals surface area contributed by atoms with Crippen LogP contribution in [0.25, 0.3) is 0 Å². The average molecular weight is 285 g/mol. The number of halogens is 1. The molecule has 1 aliphatic rings. The zero-order valence-electron chi connectivity index (χ0n) is 8.77. The van der Waals surface area contributed by atoms with E-state index in [-0.39, 0.29) is 12.5 Å². The van der Waals surface area contributed by atoms with E-state index in [0.717, 1.165) is 17.4 Å². The molecular weight excluding hydrogens is 272 g/mol. The first-order valence-electron chi connectivity index (χ1n) is 5.16. The highest BCUT2D eigenvalue weighted by molar-refractivity contribution is 9.09. The number of amides is 1. The molecule has 2 heterocycles. The predicted octanol–water partition coefficient (Wildman–Crippen LogP) is 1.32. The standard InChI is InChI=1S/C11H13BrN2O2/c12-4-9-3-11(16)14(6-9)10-2-1-8(7-15)5-13-10/h1-2,5,9,15H,3-4,6-7H2. The molecule has 1 fully saturated rings. The van der Waals surface area contributed by atoms with Crippen LogP contribution >= 0.6 is 15.9 Å². The summed E-state index contributed by atoms with van der Waals surface area (Å²) in [5.41, 5.74) is 0.757. The molecular formula is C11H13BrN2O2. The molecule has 1 aliphatic heterocycles. The van der Waals surface area contributed by atoms with Gasteiger partial charge in [-0.05, 0) is 17.5 Å². The lowest BCUT2D eigenvalue weighted by Crippen LogP contribution is -2.25. The SMILES string of the molecule is O=C1CC(CBr)CN1c1ccc(CO)cn1. The largest absolute Gasteiger partial charge is 0.392 e. The smallest absolute Gasteiger partial charge is 0.228 e. The van der Waals surface area contributed by atoms with Crippen LogP contribution in [0.2, 0.25) is 0 Å². The summed E-state index contributed by atoms with van der Waals surface area (Å²) >= 11 is 3.39. The highest BCUT2D eigenvalue weighted by atomic mass is 79.9. The zero-order chi connectivity index (χ0) is 11.5. The first-order valence-corrected chi connectivity index (χ1v) is 6.29. The Morgan fingerprint density at radius 1 is 1.56 bits per heavy atom. The van der Waals surface area contributed by atoms with Gasteiger partial charge in [-0.2, -0.15) is 0 Å². The number of hydrogen-bond donors (Lipinski definition) is 1. The molecule has 0 bridgehead atoms. The van der Waals surface area contributed by atoms with Crippen molar-refractivity contribution in [3.8, 4) is 0 Å². The van der Waals surface area contributed by atoms with E-state index >= 15 is 0 Å². The van der Waals surface area contributed by atoms with Crippen LogP contribution in [0.1, 0.15) is 12.0 Å². The summed E-state index contributed by atoms with van der Waals surface area (Å²) in [5, 5.41) is 9.74. The third-order valence-corrected chi connectivity index (χ3v) is 3.61. The first kappa shape index (κ1) is 11.5. The summed E-state index contributed by atoms with van der Waals surface area (Å²) in [7, 11) is 0. The molecule has 1 saturated heterocycles. The number of carbonyl (C=O) groups excluding carboxylic acids is 1. The van der Waals surface area contributed by atoms with Crippen molar-refractivity contribution in [1.82, 2.24) is 4.98 Å². The second-order valence-corrected chi connectivity index (χ2v) is 4.56. The van der Waals surface area contributed by atoms with E-state index < -0.39 is 0 Å². The summed E-state index contributed by atoms with van der Waals surface area (Å²) in [6, 6.07) is 3.57. The molecule has 4 nitrogen and oxygen atoms in total. The molecule has 86 valence electrons. The maximum absolute atomic E-state index is 11.7. The van der Waals surface area contributed by atoms with Crippen LogP contribution < -0.4 is 4.90 Å². The number of pyridine rings is 1. The molecule has 1 aromatic rings. The van der Waals surface area contributed by atoms with Crippen molar-refractivity contribution in [2.45, 2.75) is 13.0 Å². The average Bonchev–Trinajstić information content (AvgIpc) is 2.71. The van der Waals surface area contributed by atoms with Gasteiger partial charge in [-0.3, -0.25) is 9.69 Å². The van der Waals surface area contributed by atoms with E-state index in [1.54, 1.807) is 23.2 Å². The molecule has 5 heteroatoms. The first-order chi connectivity index (χ1) is 7.74. The Kier molecular flexibility index (Phi) is 3.56. The minimum Gasteiger partial charge on any atom is -0.392 e. The van der Waals surface area contributed by atoms with E-state index in [9.17, 15) is 4.79 Å². The second-order valence-electron chi connectivity index (χ2n) is 3.91. The summed E-state index contributed by atoms with van der Waals surface area (Å²) in [6.45, 7) is 0.695. The van der Waals surface area contributed by atoms with Gasteiger partial charge in [0.2, 0.25) is 5.91 Å². The number of nitrogens with zero attached hydrogens (tertiary/aromatic N) is 2. The monoisotopic (exact) mass is 284 g/mol. The molecule has 1 N–H and O–H groups in total. The lowest BCUT2D eigenvalue weighted by molar-refractivity contribution is -0.117. The van der Waals surface area contributed by atoms with Crippen molar-refractivity contribution in [2.75, 3.05) is 16.8 Å². The van der Waals surface area contributed by atoms with Crippen LogP contribution in [0.15, 0.2) is 18.3 Å². The minimum atomic E-state index is -0.0226. The van der Waals surface area contributed by atoms with Gasteiger partial charge in [-0.15, -0.1) is 0 Å². The van der Waals surface area contributed by atoms with Crippen molar-refractivity contribution in [3.05, 3.63) is 23.9 Å². The molecule has 0 spiro atoms. The molecule has 1 aromatic heterocycles. The van der Waals surface area contributed by atoms with Crippen molar-refractivity contribution in [3.63, 3.8) is 0 Å². The summed E-state index contributed by atoms with van der Waals surface area (Å²) < 4.78 is 0. The lowest BCUT2D eigenvalue weighted by Gasteiger charge is -2.15. The lowest BCUT2D eigenvalue weighted by atomic mass is 10.2. The molecule has 0 saturated carbocycles. The van der Waals surface area contributed by atoms with Gasteiger partial charge in [-0.1, -0.05) is 22.0 Å². The van der Waals surface area contributed by atoms with Crippen LogP contribution in [0.5, 0.6) is 0 Å². The topological polar surface area (TPSA) is 53.4 Å². The Morgan fingerprint density at radius 2 is 2.38 bits per heavy atom. The highest BCUT2D eigenvalue weighted by Gasteiger charge is 2.30. The Balaban J connectivity index is 2.15. The van der Waals surface area contributed by atoms with E-state index in [2.05, 4.69) is 20.9 Å². The van der Waals surface area contributed by atoms with Gasteiger partial charge in [0.05, 0.1) is 6.61 Å². The molecule has 0 aromatic carbocycles. The predicted molar refractivity (Wildman–Crippen MR) is 64.4 cm³/mol. The van der Waals surface area contributed by atoms with E-state index in [0.29, 0.717) is 18.2 Å². The molecule has 1 atom stereocenters. The van der Waals surface area contributed by atoms with E-state index in [1.165, 1.54) is 0 Å². The van der Waals surface area contributed by atoms with Gasteiger partial charge < -0.3 is 5.11 Å². The molecule has 16 heavy (non-hydrogen) atoms. The molecule has 2 rings (SSSR count). The number of anilines is 1. The fourth-order valence-electron chi connectivity index (χ4n) is 1.78. The van der Waals surface area contributed by atoms with Gasteiger partial charge >= 0.3 is 0 Å². The van der Waals surface area contributed by atoms with Gasteiger partial charge in [0.1, 0.15) is 5.82 Å². The van der Waals surface area contributed by atoms with Crippen LogP contribution in [-0.4, -0.2) is 27.9 Å². The molecule has 1 unspecified atom stereocenters.